The minimum absolute atomic E-state index is 0.0798. The Hall–Kier alpha value is -4.48. The first kappa shape index (κ1) is 22.2. The Balaban J connectivity index is 2.01. The third kappa shape index (κ3) is 4.98. The van der Waals surface area contributed by atoms with Crippen LogP contribution in [-0.4, -0.2) is 31.6 Å². The summed E-state index contributed by atoms with van der Waals surface area (Å²) in [6, 6.07) is 19.9. The molecule has 1 amide bonds. The summed E-state index contributed by atoms with van der Waals surface area (Å²) in [4.78, 5) is 25.6. The fourth-order valence-electron chi connectivity index (χ4n) is 3.05. The summed E-state index contributed by atoms with van der Waals surface area (Å²) in [6.07, 6.45) is 0. The molecule has 32 heavy (non-hydrogen) atoms. The molecule has 4 N–H and O–H groups in total. The molecule has 0 unspecified atom stereocenters. The maximum absolute atomic E-state index is 13.1. The number of rotatable bonds is 7. The fraction of sp³-hybridized carbons (Fsp3) is 0.0833. The summed E-state index contributed by atoms with van der Waals surface area (Å²) in [7, 11) is 1.41. The molecule has 8 heteroatoms. The van der Waals surface area contributed by atoms with Gasteiger partial charge in [-0.1, -0.05) is 24.3 Å². The Bertz CT molecular complexity index is 1210. The number of nitriles is 1. The number of benzene rings is 3. The molecule has 3 aromatic carbocycles. The van der Waals surface area contributed by atoms with Gasteiger partial charge in [0.25, 0.3) is 5.91 Å². The van der Waals surface area contributed by atoms with Crippen molar-refractivity contribution in [2.75, 3.05) is 19.2 Å². The average molecular weight is 428 g/mol. The first-order valence-corrected chi connectivity index (χ1v) is 9.50. The van der Waals surface area contributed by atoms with Gasteiger partial charge in [-0.05, 0) is 53.6 Å². The molecule has 3 aromatic rings. The van der Waals surface area contributed by atoms with E-state index >= 15 is 0 Å². The number of carbonyl (C=O) groups is 2. The number of amidine groups is 1. The summed E-state index contributed by atoms with van der Waals surface area (Å²) >= 11 is 0. The molecule has 0 aliphatic rings. The molecule has 0 radical (unpaired) electrons. The second-order valence-electron chi connectivity index (χ2n) is 6.70. The molecule has 0 spiro atoms. The standard InChI is InChI=1S/C24H20N4O4/c1-31-14-32-24(30)20-5-3-2-4-18(20)19-11-6-15(13-25)12-21(19)23(29)28-17-9-7-16(8-10-17)22(26)27/h2-12H,14H2,1H3,(H3,26,27)(H,28,29). The number of carbonyl (C=O) groups excluding carboxylic acids is 2. The van der Waals surface area contributed by atoms with E-state index in [2.05, 4.69) is 5.32 Å². The molecule has 0 saturated heterocycles. The van der Waals surface area contributed by atoms with Crippen LogP contribution in [0.5, 0.6) is 0 Å². The van der Waals surface area contributed by atoms with Crippen molar-refractivity contribution >= 4 is 23.4 Å². The van der Waals surface area contributed by atoms with Crippen LogP contribution in [0.1, 0.15) is 31.8 Å². The van der Waals surface area contributed by atoms with Crippen molar-refractivity contribution in [2.24, 2.45) is 5.73 Å². The van der Waals surface area contributed by atoms with Gasteiger partial charge in [0.2, 0.25) is 0 Å². The van der Waals surface area contributed by atoms with Gasteiger partial charge in [0.05, 0.1) is 17.2 Å². The van der Waals surface area contributed by atoms with E-state index in [1.165, 1.54) is 13.2 Å². The zero-order valence-corrected chi connectivity index (χ0v) is 17.2. The molecule has 0 aliphatic heterocycles. The van der Waals surface area contributed by atoms with Crippen LogP contribution >= 0.6 is 0 Å². The number of nitrogen functional groups attached to an aromatic ring is 1. The number of hydrogen-bond donors (Lipinski definition) is 3. The highest BCUT2D eigenvalue weighted by molar-refractivity contribution is 6.10. The van der Waals surface area contributed by atoms with Crippen LogP contribution in [-0.2, 0) is 9.47 Å². The van der Waals surface area contributed by atoms with Crippen LogP contribution in [0.2, 0.25) is 0 Å². The zero-order chi connectivity index (χ0) is 23.1. The molecule has 0 heterocycles. The lowest BCUT2D eigenvalue weighted by Gasteiger charge is -2.14. The molecule has 160 valence electrons. The maximum Gasteiger partial charge on any atom is 0.340 e. The summed E-state index contributed by atoms with van der Waals surface area (Å²) in [5, 5.41) is 19.6. The van der Waals surface area contributed by atoms with Gasteiger partial charge in [-0.3, -0.25) is 10.2 Å². The van der Waals surface area contributed by atoms with Gasteiger partial charge < -0.3 is 20.5 Å². The third-order valence-electron chi connectivity index (χ3n) is 4.59. The van der Waals surface area contributed by atoms with Gasteiger partial charge in [0, 0.05) is 23.9 Å². The van der Waals surface area contributed by atoms with Crippen molar-refractivity contribution in [3.63, 3.8) is 0 Å². The third-order valence-corrected chi connectivity index (χ3v) is 4.59. The van der Waals surface area contributed by atoms with Crippen molar-refractivity contribution in [3.05, 3.63) is 89.0 Å². The number of anilines is 1. The highest BCUT2D eigenvalue weighted by atomic mass is 16.7. The van der Waals surface area contributed by atoms with Crippen LogP contribution in [0.3, 0.4) is 0 Å². The van der Waals surface area contributed by atoms with Gasteiger partial charge in [-0.2, -0.15) is 5.26 Å². The van der Waals surface area contributed by atoms with E-state index in [0.717, 1.165) is 0 Å². The number of nitrogens with one attached hydrogen (secondary N) is 2. The Morgan fingerprint density at radius 1 is 1.03 bits per heavy atom. The zero-order valence-electron chi connectivity index (χ0n) is 17.2. The van der Waals surface area contributed by atoms with E-state index in [1.54, 1.807) is 60.7 Å². The topological polar surface area (TPSA) is 138 Å². The molecule has 0 atom stereocenters. The predicted octanol–water partition coefficient (Wildman–Crippen LogP) is 3.52. The molecule has 0 saturated carbocycles. The van der Waals surface area contributed by atoms with Crippen molar-refractivity contribution in [1.29, 1.82) is 10.7 Å². The molecule has 8 nitrogen and oxygen atoms in total. The SMILES string of the molecule is COCOC(=O)c1ccccc1-c1ccc(C#N)cc1C(=O)Nc1ccc(C(=N)N)cc1. The number of methoxy groups -OCH3 is 1. The second-order valence-corrected chi connectivity index (χ2v) is 6.70. The van der Waals surface area contributed by atoms with Crippen molar-refractivity contribution in [1.82, 2.24) is 0 Å². The van der Waals surface area contributed by atoms with Gasteiger partial charge in [0.1, 0.15) is 5.84 Å². The molecular formula is C24H20N4O4. The smallest absolute Gasteiger partial charge is 0.340 e. The molecule has 0 aliphatic carbocycles. The van der Waals surface area contributed by atoms with Crippen LogP contribution in [0, 0.1) is 16.7 Å². The highest BCUT2D eigenvalue weighted by Crippen LogP contribution is 2.29. The molecule has 0 aromatic heterocycles. The van der Waals surface area contributed by atoms with E-state index in [-0.39, 0.29) is 23.8 Å². The summed E-state index contributed by atoms with van der Waals surface area (Å²) < 4.78 is 9.87. The van der Waals surface area contributed by atoms with Crippen molar-refractivity contribution in [3.8, 4) is 17.2 Å². The van der Waals surface area contributed by atoms with Crippen molar-refractivity contribution in [2.45, 2.75) is 0 Å². The van der Waals surface area contributed by atoms with E-state index in [9.17, 15) is 14.9 Å². The van der Waals surface area contributed by atoms with Gasteiger partial charge in [-0.15, -0.1) is 0 Å². The minimum Gasteiger partial charge on any atom is -0.435 e. The largest absolute Gasteiger partial charge is 0.435 e. The van der Waals surface area contributed by atoms with Crippen molar-refractivity contribution < 1.29 is 19.1 Å². The lowest BCUT2D eigenvalue weighted by Crippen LogP contribution is -2.15. The number of nitrogens with zero attached hydrogens (tertiary/aromatic N) is 1. The second kappa shape index (κ2) is 10.0. The Kier molecular flexibility index (Phi) is 6.95. The average Bonchev–Trinajstić information content (AvgIpc) is 2.82. The quantitative estimate of drug-likeness (QED) is 0.228. The number of esters is 1. The lowest BCUT2D eigenvalue weighted by atomic mass is 9.93. The van der Waals surface area contributed by atoms with Gasteiger partial charge in [0.15, 0.2) is 6.79 Å². The number of hydrogen-bond acceptors (Lipinski definition) is 6. The molecule has 3 rings (SSSR count). The van der Waals surface area contributed by atoms with Crippen LogP contribution in [0.25, 0.3) is 11.1 Å². The Morgan fingerprint density at radius 3 is 2.38 bits per heavy atom. The number of ether oxygens (including phenoxy) is 2. The summed E-state index contributed by atoms with van der Waals surface area (Å²) in [6.45, 7) is -0.204. The van der Waals surface area contributed by atoms with Crippen LogP contribution < -0.4 is 11.1 Å². The minimum atomic E-state index is -0.599. The van der Waals surface area contributed by atoms with E-state index in [4.69, 9.17) is 20.6 Å². The molecule has 0 fully saturated rings. The summed E-state index contributed by atoms with van der Waals surface area (Å²) in [5.74, 6) is -1.14. The van der Waals surface area contributed by atoms with E-state index < -0.39 is 11.9 Å². The summed E-state index contributed by atoms with van der Waals surface area (Å²) in [5.41, 5.74) is 8.19. The predicted molar refractivity (Wildman–Crippen MR) is 119 cm³/mol. The fourth-order valence-corrected chi connectivity index (χ4v) is 3.05. The first-order chi connectivity index (χ1) is 15.4. The van der Waals surface area contributed by atoms with Crippen LogP contribution in [0.15, 0.2) is 66.7 Å². The number of amides is 1. The van der Waals surface area contributed by atoms with Crippen LogP contribution in [0.4, 0.5) is 5.69 Å². The molecule has 0 bridgehead atoms. The van der Waals surface area contributed by atoms with Gasteiger partial charge >= 0.3 is 5.97 Å². The van der Waals surface area contributed by atoms with E-state index in [0.29, 0.717) is 27.9 Å². The lowest BCUT2D eigenvalue weighted by molar-refractivity contribution is -0.0124. The Morgan fingerprint density at radius 2 is 1.72 bits per heavy atom. The molecular weight excluding hydrogens is 408 g/mol. The number of nitrogens with two attached hydrogens (primary N) is 1. The highest BCUT2D eigenvalue weighted by Gasteiger charge is 2.20. The monoisotopic (exact) mass is 428 g/mol. The Labute approximate surface area is 184 Å². The normalized spacial score (nSPS) is 10.1. The van der Waals surface area contributed by atoms with Gasteiger partial charge in [-0.25, -0.2) is 4.79 Å². The maximum atomic E-state index is 13.1. The van der Waals surface area contributed by atoms with E-state index in [1.807, 2.05) is 6.07 Å². The first-order valence-electron chi connectivity index (χ1n) is 9.50.